The highest BCUT2D eigenvalue weighted by molar-refractivity contribution is 5.69. The Bertz CT molecular complexity index is 479. The number of hydrogen-bond donors (Lipinski definition) is 1. The zero-order valence-electron chi connectivity index (χ0n) is 11.5. The number of carboxylic acid groups (broad SMARTS) is 1. The maximum absolute atomic E-state index is 10.9. The molecule has 0 atom stereocenters. The zero-order chi connectivity index (χ0) is 14.0. The van der Waals surface area contributed by atoms with Crippen molar-refractivity contribution in [3.63, 3.8) is 0 Å². The van der Waals surface area contributed by atoms with Crippen LogP contribution in [-0.4, -0.2) is 34.9 Å². The van der Waals surface area contributed by atoms with Gasteiger partial charge in [-0.2, -0.15) is 0 Å². The van der Waals surface area contributed by atoms with Crippen molar-refractivity contribution in [1.82, 2.24) is 4.90 Å². The Morgan fingerprint density at radius 3 is 2.63 bits per heavy atom. The lowest BCUT2D eigenvalue weighted by Gasteiger charge is -2.34. The van der Waals surface area contributed by atoms with Gasteiger partial charge in [-0.25, -0.2) is 0 Å². The van der Waals surface area contributed by atoms with Gasteiger partial charge in [0.1, 0.15) is 0 Å². The van der Waals surface area contributed by atoms with Crippen molar-refractivity contribution in [2.45, 2.75) is 32.9 Å². The fraction of sp³-hybridized carbons (Fsp3) is 0.500. The van der Waals surface area contributed by atoms with E-state index in [1.165, 1.54) is 0 Å². The van der Waals surface area contributed by atoms with Crippen LogP contribution in [0.25, 0.3) is 0 Å². The van der Waals surface area contributed by atoms with E-state index in [1.54, 1.807) is 0 Å². The smallest absolute Gasteiger partial charge is 0.317 e. The van der Waals surface area contributed by atoms with Crippen molar-refractivity contribution in [3.8, 4) is 11.5 Å². The van der Waals surface area contributed by atoms with E-state index < -0.39 is 5.97 Å². The lowest BCUT2D eigenvalue weighted by atomic mass is 10.0. The largest absolute Gasteiger partial charge is 0.480 e. The van der Waals surface area contributed by atoms with Gasteiger partial charge in [0, 0.05) is 12.1 Å². The van der Waals surface area contributed by atoms with Crippen LogP contribution in [0.4, 0.5) is 0 Å². The van der Waals surface area contributed by atoms with E-state index in [2.05, 4.69) is 0 Å². The average Bonchev–Trinajstić information content (AvgIpc) is 2.73. The van der Waals surface area contributed by atoms with Crippen LogP contribution in [0, 0.1) is 0 Å². The van der Waals surface area contributed by atoms with Gasteiger partial charge in [0.15, 0.2) is 11.5 Å². The van der Waals surface area contributed by atoms with E-state index >= 15 is 0 Å². The first kappa shape index (κ1) is 13.7. The molecule has 1 N–H and O–H groups in total. The quantitative estimate of drug-likeness (QED) is 0.903. The van der Waals surface area contributed by atoms with Crippen LogP contribution in [0.2, 0.25) is 0 Å². The lowest BCUT2D eigenvalue weighted by Crippen LogP contribution is -2.43. The molecule has 5 nitrogen and oxygen atoms in total. The molecule has 0 bridgehead atoms. The molecule has 19 heavy (non-hydrogen) atoms. The summed E-state index contributed by atoms with van der Waals surface area (Å²) in [6.07, 6.45) is 0. The number of carbonyl (C=O) groups is 1. The third-order valence-corrected chi connectivity index (χ3v) is 3.09. The number of ether oxygens (including phenoxy) is 2. The molecule has 1 aromatic carbocycles. The van der Waals surface area contributed by atoms with Crippen LogP contribution < -0.4 is 9.47 Å². The first-order valence-electron chi connectivity index (χ1n) is 6.21. The van der Waals surface area contributed by atoms with Gasteiger partial charge < -0.3 is 14.6 Å². The number of nitrogens with zero attached hydrogens (tertiary/aromatic N) is 1. The van der Waals surface area contributed by atoms with Crippen molar-refractivity contribution in [1.29, 1.82) is 0 Å². The molecule has 0 fully saturated rings. The van der Waals surface area contributed by atoms with Gasteiger partial charge in [-0.05, 0) is 38.5 Å². The molecular weight excluding hydrogens is 246 g/mol. The molecule has 1 aromatic rings. The molecule has 0 saturated heterocycles. The highest BCUT2D eigenvalue weighted by atomic mass is 16.7. The Labute approximate surface area is 112 Å². The van der Waals surface area contributed by atoms with Crippen molar-refractivity contribution in [3.05, 3.63) is 23.8 Å². The number of benzene rings is 1. The Morgan fingerprint density at radius 1 is 1.32 bits per heavy atom. The number of fused-ring (bicyclic) bond motifs is 1. The van der Waals surface area contributed by atoms with Crippen molar-refractivity contribution < 1.29 is 19.4 Å². The molecule has 1 aliphatic rings. The summed E-state index contributed by atoms with van der Waals surface area (Å²) in [5.41, 5.74) is 0.801. The minimum Gasteiger partial charge on any atom is -0.480 e. The van der Waals surface area contributed by atoms with E-state index in [4.69, 9.17) is 14.6 Å². The minimum atomic E-state index is -0.823. The SMILES string of the molecule is CC(C)(C)N(CC(=O)O)Cc1ccc2c(c1)OCO2. The molecular formula is C14H19NO4. The molecule has 1 heterocycles. The van der Waals surface area contributed by atoms with Gasteiger partial charge in [-0.1, -0.05) is 6.07 Å². The molecule has 0 saturated carbocycles. The number of aliphatic carboxylic acids is 1. The molecule has 104 valence electrons. The molecule has 0 unspecified atom stereocenters. The van der Waals surface area contributed by atoms with Gasteiger partial charge in [0.25, 0.3) is 0 Å². The van der Waals surface area contributed by atoms with Crippen LogP contribution in [0.5, 0.6) is 11.5 Å². The van der Waals surface area contributed by atoms with E-state index in [0.29, 0.717) is 6.54 Å². The third kappa shape index (κ3) is 3.38. The highest BCUT2D eigenvalue weighted by Gasteiger charge is 2.24. The Hall–Kier alpha value is -1.75. The summed E-state index contributed by atoms with van der Waals surface area (Å²) in [6.45, 7) is 6.83. The summed E-state index contributed by atoms with van der Waals surface area (Å²) in [7, 11) is 0. The summed E-state index contributed by atoms with van der Waals surface area (Å²) in [5, 5.41) is 8.99. The Kier molecular flexibility index (Phi) is 3.66. The van der Waals surface area contributed by atoms with E-state index in [1.807, 2.05) is 43.9 Å². The monoisotopic (exact) mass is 265 g/mol. The number of hydrogen-bond acceptors (Lipinski definition) is 4. The molecule has 0 aliphatic carbocycles. The molecule has 5 heteroatoms. The summed E-state index contributed by atoms with van der Waals surface area (Å²) in [5.74, 6) is 0.640. The fourth-order valence-electron chi connectivity index (χ4n) is 1.95. The Balaban J connectivity index is 2.15. The van der Waals surface area contributed by atoms with Gasteiger partial charge >= 0.3 is 5.97 Å². The molecule has 0 radical (unpaired) electrons. The topological polar surface area (TPSA) is 59.0 Å². The molecule has 1 aliphatic heterocycles. The molecule has 0 aromatic heterocycles. The van der Waals surface area contributed by atoms with Crippen LogP contribution in [-0.2, 0) is 11.3 Å². The molecule has 2 rings (SSSR count). The Morgan fingerprint density at radius 2 is 2.00 bits per heavy atom. The maximum Gasteiger partial charge on any atom is 0.317 e. The predicted octanol–water partition coefficient (Wildman–Crippen LogP) is 2.10. The summed E-state index contributed by atoms with van der Waals surface area (Å²) in [6, 6.07) is 5.70. The highest BCUT2D eigenvalue weighted by Crippen LogP contribution is 2.33. The average molecular weight is 265 g/mol. The summed E-state index contributed by atoms with van der Waals surface area (Å²) >= 11 is 0. The van der Waals surface area contributed by atoms with E-state index in [0.717, 1.165) is 17.1 Å². The molecule has 0 spiro atoms. The predicted molar refractivity (Wildman–Crippen MR) is 70.4 cm³/mol. The van der Waals surface area contributed by atoms with Crippen LogP contribution >= 0.6 is 0 Å². The second-order valence-corrected chi connectivity index (χ2v) is 5.61. The number of rotatable bonds is 4. The van der Waals surface area contributed by atoms with Gasteiger partial charge in [-0.15, -0.1) is 0 Å². The van der Waals surface area contributed by atoms with Crippen molar-refractivity contribution in [2.75, 3.05) is 13.3 Å². The molecule has 0 amide bonds. The zero-order valence-corrected chi connectivity index (χ0v) is 11.5. The van der Waals surface area contributed by atoms with Gasteiger partial charge in [0.2, 0.25) is 6.79 Å². The van der Waals surface area contributed by atoms with Crippen LogP contribution in [0.3, 0.4) is 0 Å². The standard InChI is InChI=1S/C14H19NO4/c1-14(2,3)15(8-13(16)17)7-10-4-5-11-12(6-10)19-9-18-11/h4-6H,7-9H2,1-3H3,(H,16,17). The normalized spacial score (nSPS) is 13.9. The summed E-state index contributed by atoms with van der Waals surface area (Å²) in [4.78, 5) is 12.9. The minimum absolute atomic E-state index is 0.0118. The second kappa shape index (κ2) is 5.09. The van der Waals surface area contributed by atoms with Crippen LogP contribution in [0.1, 0.15) is 26.3 Å². The second-order valence-electron chi connectivity index (χ2n) is 5.61. The third-order valence-electron chi connectivity index (χ3n) is 3.09. The first-order chi connectivity index (χ1) is 8.86. The van der Waals surface area contributed by atoms with Gasteiger partial charge in [0.05, 0.1) is 6.54 Å². The summed E-state index contributed by atoms with van der Waals surface area (Å²) < 4.78 is 10.6. The number of carboxylic acids is 1. The van der Waals surface area contributed by atoms with E-state index in [9.17, 15) is 4.79 Å². The van der Waals surface area contributed by atoms with Crippen molar-refractivity contribution >= 4 is 5.97 Å². The first-order valence-corrected chi connectivity index (χ1v) is 6.21. The maximum atomic E-state index is 10.9. The lowest BCUT2D eigenvalue weighted by molar-refractivity contribution is -0.139. The van der Waals surface area contributed by atoms with Gasteiger partial charge in [-0.3, -0.25) is 9.69 Å². The fourth-order valence-corrected chi connectivity index (χ4v) is 1.95. The van der Waals surface area contributed by atoms with E-state index in [-0.39, 0.29) is 18.9 Å². The van der Waals surface area contributed by atoms with Crippen LogP contribution in [0.15, 0.2) is 18.2 Å². The van der Waals surface area contributed by atoms with Crippen molar-refractivity contribution in [2.24, 2.45) is 0 Å².